The summed E-state index contributed by atoms with van der Waals surface area (Å²) in [6.45, 7) is 1.91. The van der Waals surface area contributed by atoms with Crippen LogP contribution >= 0.6 is 27.3 Å². The Labute approximate surface area is 231 Å². The maximum absolute atomic E-state index is 12.6. The van der Waals surface area contributed by atoms with E-state index < -0.39 is 23.8 Å². The summed E-state index contributed by atoms with van der Waals surface area (Å²) in [5.74, 6) is -2.86. The van der Waals surface area contributed by atoms with Crippen LogP contribution in [-0.4, -0.2) is 36.6 Å². The molecule has 196 valence electrons. The van der Waals surface area contributed by atoms with Crippen LogP contribution in [0.25, 0.3) is 0 Å². The molecule has 1 aromatic heterocycles. The van der Waals surface area contributed by atoms with Crippen LogP contribution in [0.2, 0.25) is 0 Å². The number of rotatable bonds is 7. The zero-order chi connectivity index (χ0) is 27.1. The molecule has 38 heavy (non-hydrogen) atoms. The van der Waals surface area contributed by atoms with Gasteiger partial charge < -0.3 is 14.8 Å². The van der Waals surface area contributed by atoms with Crippen LogP contribution in [0.5, 0.6) is 5.75 Å². The van der Waals surface area contributed by atoms with Crippen molar-refractivity contribution in [3.8, 4) is 5.75 Å². The van der Waals surface area contributed by atoms with E-state index in [2.05, 4.69) is 31.8 Å². The van der Waals surface area contributed by atoms with Gasteiger partial charge in [0.15, 0.2) is 0 Å². The summed E-state index contributed by atoms with van der Waals surface area (Å²) in [5.41, 5.74) is 4.12. The highest BCUT2D eigenvalue weighted by Crippen LogP contribution is 2.38. The number of ether oxygens (including phenoxy) is 2. The first kappa shape index (κ1) is 27.2. The van der Waals surface area contributed by atoms with Crippen LogP contribution < -0.4 is 15.5 Å². The highest BCUT2D eigenvalue weighted by molar-refractivity contribution is 9.10. The van der Waals surface area contributed by atoms with Crippen molar-refractivity contribution in [3.63, 3.8) is 0 Å². The van der Waals surface area contributed by atoms with Crippen molar-refractivity contribution < 1.29 is 28.7 Å². The monoisotopic (exact) mass is 597 g/mol. The zero-order valence-electron chi connectivity index (χ0n) is 20.4. The van der Waals surface area contributed by atoms with Crippen molar-refractivity contribution in [3.05, 3.63) is 80.1 Å². The van der Waals surface area contributed by atoms with Crippen LogP contribution in [0, 0.1) is 0 Å². The van der Waals surface area contributed by atoms with E-state index in [1.165, 1.54) is 17.6 Å². The van der Waals surface area contributed by atoms with E-state index in [9.17, 15) is 19.2 Å². The Morgan fingerprint density at radius 2 is 1.79 bits per heavy atom. The second-order valence-electron chi connectivity index (χ2n) is 8.23. The number of aryl methyl sites for hydroxylation is 1. The number of hydrogen-bond donors (Lipinski definition) is 2. The molecule has 2 N–H and O–H groups in total. The van der Waals surface area contributed by atoms with E-state index in [4.69, 9.17) is 9.47 Å². The van der Waals surface area contributed by atoms with E-state index in [1.54, 1.807) is 55.5 Å². The van der Waals surface area contributed by atoms with Gasteiger partial charge in [0.25, 0.3) is 0 Å². The lowest BCUT2D eigenvalue weighted by Gasteiger charge is -2.12. The highest BCUT2D eigenvalue weighted by Gasteiger charge is 2.28. The Bertz CT molecular complexity index is 1400. The molecule has 0 bridgehead atoms. The molecule has 3 aromatic rings. The van der Waals surface area contributed by atoms with Crippen molar-refractivity contribution in [2.45, 2.75) is 32.6 Å². The van der Waals surface area contributed by atoms with Gasteiger partial charge in [-0.15, -0.1) is 11.3 Å². The van der Waals surface area contributed by atoms with Gasteiger partial charge in [-0.25, -0.2) is 15.0 Å². The van der Waals surface area contributed by atoms with Crippen LogP contribution in [0.3, 0.4) is 0 Å². The smallest absolute Gasteiger partial charge is 0.343 e. The van der Waals surface area contributed by atoms with E-state index in [0.29, 0.717) is 26.2 Å². The van der Waals surface area contributed by atoms with Gasteiger partial charge in [-0.3, -0.25) is 9.59 Å². The van der Waals surface area contributed by atoms with Gasteiger partial charge in [-0.05, 0) is 68.5 Å². The molecule has 2 aromatic carbocycles. The van der Waals surface area contributed by atoms with E-state index in [0.717, 1.165) is 36.1 Å². The lowest BCUT2D eigenvalue weighted by molar-refractivity contribution is -0.136. The lowest BCUT2D eigenvalue weighted by Crippen LogP contribution is -2.32. The standard InChI is InChI=1S/C27H24BrN3O6S/c1-2-36-27(35)22-19-10-6-7-11-21(19)38-25(22)30-23(32)24(33)31-29-15-17-14-18(28)12-13-20(17)37-26(34)16-8-4-3-5-9-16/h3-5,8-9,12-15H,2,6-7,10-11H2,1H3,(H,30,32)(H,31,33)/b29-15+. The molecule has 2 amide bonds. The van der Waals surface area contributed by atoms with E-state index in [1.807, 2.05) is 0 Å². The van der Waals surface area contributed by atoms with Gasteiger partial charge in [0.2, 0.25) is 0 Å². The molecule has 0 fully saturated rings. The van der Waals surface area contributed by atoms with Crippen molar-refractivity contribution in [2.24, 2.45) is 5.10 Å². The summed E-state index contributed by atoms with van der Waals surface area (Å²) in [6, 6.07) is 13.4. The molecule has 11 heteroatoms. The first-order valence-electron chi connectivity index (χ1n) is 11.9. The summed E-state index contributed by atoms with van der Waals surface area (Å²) >= 11 is 4.64. The molecule has 0 aliphatic heterocycles. The number of nitrogens with one attached hydrogen (secondary N) is 2. The van der Waals surface area contributed by atoms with Gasteiger partial charge in [0, 0.05) is 14.9 Å². The summed E-state index contributed by atoms with van der Waals surface area (Å²) in [6.07, 6.45) is 4.73. The maximum atomic E-state index is 12.6. The number of hydrazone groups is 1. The Hall–Kier alpha value is -3.83. The fourth-order valence-electron chi connectivity index (χ4n) is 3.89. The number of hydrogen-bond acceptors (Lipinski definition) is 8. The molecular weight excluding hydrogens is 574 g/mol. The molecule has 0 atom stereocenters. The fraction of sp³-hybridized carbons (Fsp3) is 0.222. The van der Waals surface area contributed by atoms with Gasteiger partial charge in [-0.1, -0.05) is 34.1 Å². The molecule has 1 heterocycles. The number of fused-ring (bicyclic) bond motifs is 1. The highest BCUT2D eigenvalue weighted by atomic mass is 79.9. The number of thiophene rings is 1. The Balaban J connectivity index is 1.44. The minimum absolute atomic E-state index is 0.199. The molecule has 0 saturated heterocycles. The molecule has 1 aliphatic carbocycles. The first-order valence-corrected chi connectivity index (χ1v) is 13.5. The number of carbonyl (C=O) groups is 4. The fourth-order valence-corrected chi connectivity index (χ4v) is 5.54. The van der Waals surface area contributed by atoms with Gasteiger partial charge in [0.1, 0.15) is 10.8 Å². The number of anilines is 1. The number of halogens is 1. The molecule has 0 spiro atoms. The largest absolute Gasteiger partial charge is 0.462 e. The van der Waals surface area contributed by atoms with Crippen molar-refractivity contribution >= 4 is 62.2 Å². The van der Waals surface area contributed by atoms with Crippen molar-refractivity contribution in [1.82, 2.24) is 5.43 Å². The average Bonchev–Trinajstić information content (AvgIpc) is 3.28. The summed E-state index contributed by atoms with van der Waals surface area (Å²) in [5, 5.41) is 6.68. The van der Waals surface area contributed by atoms with Crippen LogP contribution in [0.1, 0.15) is 56.5 Å². The second kappa shape index (κ2) is 12.6. The predicted molar refractivity (Wildman–Crippen MR) is 147 cm³/mol. The molecule has 0 saturated carbocycles. The number of nitrogens with zero attached hydrogens (tertiary/aromatic N) is 1. The third-order valence-electron chi connectivity index (χ3n) is 5.64. The van der Waals surface area contributed by atoms with E-state index >= 15 is 0 Å². The number of benzene rings is 2. The second-order valence-corrected chi connectivity index (χ2v) is 10.2. The molecular formula is C27H24BrN3O6S. The number of carbonyl (C=O) groups excluding carboxylic acids is 4. The van der Waals surface area contributed by atoms with E-state index in [-0.39, 0.29) is 12.4 Å². The minimum atomic E-state index is -1.03. The normalized spacial score (nSPS) is 12.5. The van der Waals surface area contributed by atoms with Crippen LogP contribution in [0.15, 0.2) is 58.1 Å². The van der Waals surface area contributed by atoms with Crippen molar-refractivity contribution in [2.75, 3.05) is 11.9 Å². The van der Waals surface area contributed by atoms with Gasteiger partial charge in [-0.2, -0.15) is 5.10 Å². The third kappa shape index (κ3) is 6.53. The third-order valence-corrected chi connectivity index (χ3v) is 7.34. The number of amides is 2. The average molecular weight is 598 g/mol. The predicted octanol–water partition coefficient (Wildman–Crippen LogP) is 4.87. The quantitative estimate of drug-likeness (QED) is 0.132. The maximum Gasteiger partial charge on any atom is 0.343 e. The lowest BCUT2D eigenvalue weighted by atomic mass is 9.95. The Morgan fingerprint density at radius 3 is 2.55 bits per heavy atom. The SMILES string of the molecule is CCOC(=O)c1c(NC(=O)C(=O)N/N=C/c2cc(Br)ccc2OC(=O)c2ccccc2)sc2c1CCCC2. The molecule has 0 radical (unpaired) electrons. The first-order chi connectivity index (χ1) is 18.4. The summed E-state index contributed by atoms with van der Waals surface area (Å²) in [4.78, 5) is 51.1. The summed E-state index contributed by atoms with van der Waals surface area (Å²) in [7, 11) is 0. The molecule has 1 aliphatic rings. The topological polar surface area (TPSA) is 123 Å². The summed E-state index contributed by atoms with van der Waals surface area (Å²) < 4.78 is 11.3. The Morgan fingerprint density at radius 1 is 1.03 bits per heavy atom. The Kier molecular flexibility index (Phi) is 9.03. The van der Waals surface area contributed by atoms with Gasteiger partial charge in [0.05, 0.1) is 23.9 Å². The molecule has 0 unspecified atom stereocenters. The van der Waals surface area contributed by atoms with Crippen molar-refractivity contribution in [1.29, 1.82) is 0 Å². The minimum Gasteiger partial charge on any atom is -0.462 e. The van der Waals surface area contributed by atoms with Crippen LogP contribution in [0.4, 0.5) is 5.00 Å². The molecule has 9 nitrogen and oxygen atoms in total. The number of esters is 2. The zero-order valence-corrected chi connectivity index (χ0v) is 22.8. The van der Waals surface area contributed by atoms with Gasteiger partial charge >= 0.3 is 23.8 Å². The van der Waals surface area contributed by atoms with Crippen LogP contribution in [-0.2, 0) is 27.2 Å². The molecule has 4 rings (SSSR count).